The number of piperidine rings is 1. The molecule has 1 saturated heterocycles. The van der Waals surface area contributed by atoms with Crippen LogP contribution in [-0.2, 0) is 13.5 Å². The molecule has 1 fully saturated rings. The minimum Gasteiger partial charge on any atom is -0.370 e. The van der Waals surface area contributed by atoms with E-state index >= 15 is 0 Å². The maximum Gasteiger partial charge on any atom is 0.268 e. The van der Waals surface area contributed by atoms with Crippen molar-refractivity contribution in [3.05, 3.63) is 46.9 Å². The van der Waals surface area contributed by atoms with Crippen LogP contribution in [0.3, 0.4) is 0 Å². The number of aromatic nitrogens is 4. The number of hydrogen-bond donors (Lipinski definition) is 1. The summed E-state index contributed by atoms with van der Waals surface area (Å²) in [5.74, 6) is 0.667. The van der Waals surface area contributed by atoms with Crippen molar-refractivity contribution in [3.63, 3.8) is 0 Å². The molecule has 1 unspecified atom stereocenters. The summed E-state index contributed by atoms with van der Waals surface area (Å²) in [5, 5.41) is 7.73. The molecule has 1 N–H and O–H groups in total. The predicted octanol–water partition coefficient (Wildman–Crippen LogP) is 1.01. The molecule has 0 aromatic carbocycles. The van der Waals surface area contributed by atoms with Gasteiger partial charge in [0.1, 0.15) is 0 Å². The molecule has 2 aromatic heterocycles. The Balaban J connectivity index is 1.43. The van der Waals surface area contributed by atoms with E-state index in [1.165, 1.54) is 4.68 Å². The predicted molar refractivity (Wildman–Crippen MR) is 97.6 cm³/mol. The van der Waals surface area contributed by atoms with E-state index in [0.29, 0.717) is 12.0 Å². The first-order valence-electron chi connectivity index (χ1n) is 8.88. The van der Waals surface area contributed by atoms with Crippen molar-refractivity contribution in [2.75, 3.05) is 24.5 Å². The van der Waals surface area contributed by atoms with Crippen LogP contribution in [0.4, 0.5) is 5.69 Å². The fraction of sp³-hybridized carbons (Fsp3) is 0.556. The lowest BCUT2D eigenvalue weighted by Gasteiger charge is -2.33. The molecule has 7 nitrogen and oxygen atoms in total. The molecule has 134 valence electrons. The van der Waals surface area contributed by atoms with E-state index < -0.39 is 0 Å². The minimum absolute atomic E-state index is 0.0564. The fourth-order valence-electron chi connectivity index (χ4n) is 3.22. The Labute approximate surface area is 148 Å². The topological polar surface area (TPSA) is 75.9 Å². The first kappa shape index (κ1) is 17.5. The van der Waals surface area contributed by atoms with Crippen molar-refractivity contribution >= 4 is 5.69 Å². The van der Waals surface area contributed by atoms with Crippen LogP contribution in [-0.4, -0.2) is 45.4 Å². The normalized spacial score (nSPS) is 16.8. The van der Waals surface area contributed by atoms with Crippen LogP contribution in [0.25, 0.3) is 0 Å². The maximum absolute atomic E-state index is 11.7. The van der Waals surface area contributed by atoms with Gasteiger partial charge in [0.05, 0.1) is 17.6 Å². The second-order valence-corrected chi connectivity index (χ2v) is 6.82. The molecule has 0 amide bonds. The third kappa shape index (κ3) is 4.85. The first-order valence-corrected chi connectivity index (χ1v) is 8.88. The first-order chi connectivity index (χ1) is 12.1. The summed E-state index contributed by atoms with van der Waals surface area (Å²) in [6.07, 6.45) is 10.2. The van der Waals surface area contributed by atoms with E-state index in [9.17, 15) is 4.79 Å². The monoisotopic (exact) mass is 342 g/mol. The summed E-state index contributed by atoms with van der Waals surface area (Å²) >= 11 is 0. The van der Waals surface area contributed by atoms with Crippen LogP contribution < -0.4 is 15.8 Å². The summed E-state index contributed by atoms with van der Waals surface area (Å²) in [6, 6.07) is 2.06. The van der Waals surface area contributed by atoms with E-state index in [4.69, 9.17) is 0 Å². The lowest BCUT2D eigenvalue weighted by Crippen LogP contribution is -2.40. The zero-order valence-corrected chi connectivity index (χ0v) is 14.9. The molecule has 2 aromatic rings. The Hall–Kier alpha value is -2.28. The molecule has 25 heavy (non-hydrogen) atoms. The molecule has 1 aliphatic heterocycles. The Morgan fingerprint density at radius 2 is 2.08 bits per heavy atom. The van der Waals surface area contributed by atoms with E-state index in [1.807, 2.05) is 6.20 Å². The zero-order valence-electron chi connectivity index (χ0n) is 14.9. The SMILES string of the molecule is CC(Cc1cnccn1)NCC1CCN(c2cnn(C)c(=O)c2)CC1. The molecule has 1 atom stereocenters. The van der Waals surface area contributed by atoms with Crippen LogP contribution >= 0.6 is 0 Å². The van der Waals surface area contributed by atoms with Gasteiger partial charge in [0.2, 0.25) is 0 Å². The van der Waals surface area contributed by atoms with Crippen LogP contribution in [0.15, 0.2) is 35.6 Å². The van der Waals surface area contributed by atoms with Crippen molar-refractivity contribution in [1.82, 2.24) is 25.1 Å². The highest BCUT2D eigenvalue weighted by Gasteiger charge is 2.20. The van der Waals surface area contributed by atoms with Crippen molar-refractivity contribution in [1.29, 1.82) is 0 Å². The number of anilines is 1. The van der Waals surface area contributed by atoms with Gasteiger partial charge in [-0.1, -0.05) is 0 Å². The number of hydrogen-bond acceptors (Lipinski definition) is 6. The summed E-state index contributed by atoms with van der Waals surface area (Å²) < 4.78 is 1.36. The molecular formula is C18H26N6O. The van der Waals surface area contributed by atoms with Gasteiger partial charge in [-0.05, 0) is 32.2 Å². The van der Waals surface area contributed by atoms with Crippen molar-refractivity contribution in [2.45, 2.75) is 32.2 Å². The Morgan fingerprint density at radius 1 is 1.28 bits per heavy atom. The van der Waals surface area contributed by atoms with Gasteiger partial charge in [0.15, 0.2) is 0 Å². The third-order valence-electron chi connectivity index (χ3n) is 4.82. The van der Waals surface area contributed by atoms with Gasteiger partial charge in [-0.15, -0.1) is 0 Å². The highest BCUT2D eigenvalue weighted by atomic mass is 16.1. The summed E-state index contributed by atoms with van der Waals surface area (Å²) in [4.78, 5) is 22.4. The lowest BCUT2D eigenvalue weighted by atomic mass is 9.96. The molecular weight excluding hydrogens is 316 g/mol. The number of rotatable bonds is 6. The number of aryl methyl sites for hydroxylation is 1. The third-order valence-corrected chi connectivity index (χ3v) is 4.82. The quantitative estimate of drug-likeness (QED) is 0.844. The number of nitrogens with one attached hydrogen (secondary N) is 1. The summed E-state index contributed by atoms with van der Waals surface area (Å²) in [7, 11) is 1.67. The van der Waals surface area contributed by atoms with Gasteiger partial charge in [-0.2, -0.15) is 5.10 Å². The fourth-order valence-corrected chi connectivity index (χ4v) is 3.22. The molecule has 0 saturated carbocycles. The lowest BCUT2D eigenvalue weighted by molar-refractivity contribution is 0.364. The Kier molecular flexibility index (Phi) is 5.75. The average Bonchev–Trinajstić information content (AvgIpc) is 2.64. The van der Waals surface area contributed by atoms with Gasteiger partial charge in [-0.3, -0.25) is 14.8 Å². The standard InChI is InChI=1S/C18H26N6O/c1-14(9-16-12-19-5-6-20-16)21-11-15-3-7-24(8-4-15)17-10-18(25)23(2)22-13-17/h5-6,10,12-15,21H,3-4,7-9,11H2,1-2H3. The summed E-state index contributed by atoms with van der Waals surface area (Å²) in [5.41, 5.74) is 1.90. The van der Waals surface area contributed by atoms with Crippen LogP contribution in [0.1, 0.15) is 25.5 Å². The van der Waals surface area contributed by atoms with Gasteiger partial charge in [-0.25, -0.2) is 4.68 Å². The van der Waals surface area contributed by atoms with Gasteiger partial charge in [0, 0.05) is 57.3 Å². The van der Waals surface area contributed by atoms with Crippen LogP contribution in [0, 0.1) is 5.92 Å². The molecule has 7 heteroatoms. The average molecular weight is 342 g/mol. The smallest absolute Gasteiger partial charge is 0.268 e. The summed E-state index contributed by atoms with van der Waals surface area (Å²) in [6.45, 7) is 5.15. The van der Waals surface area contributed by atoms with Crippen molar-refractivity contribution in [2.24, 2.45) is 13.0 Å². The van der Waals surface area contributed by atoms with E-state index in [2.05, 4.69) is 32.2 Å². The largest absolute Gasteiger partial charge is 0.370 e. The van der Waals surface area contributed by atoms with Gasteiger partial charge >= 0.3 is 0 Å². The molecule has 0 aliphatic carbocycles. The Morgan fingerprint density at radius 3 is 2.76 bits per heavy atom. The zero-order chi connectivity index (χ0) is 17.6. The second kappa shape index (κ2) is 8.20. The van der Waals surface area contributed by atoms with E-state index in [1.54, 1.807) is 31.7 Å². The molecule has 0 spiro atoms. The highest BCUT2D eigenvalue weighted by Crippen LogP contribution is 2.21. The van der Waals surface area contributed by atoms with Crippen molar-refractivity contribution < 1.29 is 0 Å². The van der Waals surface area contributed by atoms with E-state index in [-0.39, 0.29) is 5.56 Å². The minimum atomic E-state index is -0.0564. The van der Waals surface area contributed by atoms with Crippen molar-refractivity contribution in [3.8, 4) is 0 Å². The molecule has 3 heterocycles. The highest BCUT2D eigenvalue weighted by molar-refractivity contribution is 5.43. The number of nitrogens with zero attached hydrogens (tertiary/aromatic N) is 5. The molecule has 1 aliphatic rings. The van der Waals surface area contributed by atoms with E-state index in [0.717, 1.165) is 50.3 Å². The molecule has 0 bridgehead atoms. The maximum atomic E-state index is 11.7. The van der Waals surface area contributed by atoms with Crippen LogP contribution in [0.2, 0.25) is 0 Å². The Bertz CT molecular complexity index is 724. The molecule has 3 rings (SSSR count). The molecule has 0 radical (unpaired) electrons. The van der Waals surface area contributed by atoms with Gasteiger partial charge < -0.3 is 10.2 Å². The van der Waals surface area contributed by atoms with Crippen LogP contribution in [0.5, 0.6) is 0 Å². The van der Waals surface area contributed by atoms with Gasteiger partial charge in [0.25, 0.3) is 5.56 Å². The second-order valence-electron chi connectivity index (χ2n) is 6.82.